The molecule has 2 aromatic carbocycles. The summed E-state index contributed by atoms with van der Waals surface area (Å²) in [4.78, 5) is 12.3. The smallest absolute Gasteiger partial charge is 0.253 e. The summed E-state index contributed by atoms with van der Waals surface area (Å²) >= 11 is 9.23. The summed E-state index contributed by atoms with van der Waals surface area (Å²) in [5.74, 6) is 0.673. The molecule has 1 aliphatic heterocycles. The molecule has 2 aromatic rings. The standard InChI is InChI=1S/C15H11BrClNO2/c16-12-7-9(17)5-6-10(12)15(19)18-13-8-20-14-4-2-1-3-11(13)14/h1-7,13H,8H2,(H,18,19). The second-order valence-electron chi connectivity index (χ2n) is 4.50. The SMILES string of the molecule is O=C(NC1COc2ccccc21)c1ccc(Cl)cc1Br. The number of hydrogen-bond acceptors (Lipinski definition) is 2. The van der Waals surface area contributed by atoms with Crippen LogP contribution in [0.15, 0.2) is 46.9 Å². The fraction of sp³-hybridized carbons (Fsp3) is 0.133. The van der Waals surface area contributed by atoms with Gasteiger partial charge in [0.05, 0.1) is 11.6 Å². The molecule has 0 saturated carbocycles. The van der Waals surface area contributed by atoms with Gasteiger partial charge in [-0.15, -0.1) is 0 Å². The zero-order valence-electron chi connectivity index (χ0n) is 10.4. The molecule has 0 spiro atoms. The molecule has 1 atom stereocenters. The molecule has 0 radical (unpaired) electrons. The molecule has 0 bridgehead atoms. The van der Waals surface area contributed by atoms with Crippen molar-refractivity contribution in [2.75, 3.05) is 6.61 Å². The number of halogens is 2. The summed E-state index contributed by atoms with van der Waals surface area (Å²) in [6, 6.07) is 12.7. The third-order valence-corrected chi connectivity index (χ3v) is 4.07. The molecule has 20 heavy (non-hydrogen) atoms. The second-order valence-corrected chi connectivity index (χ2v) is 5.79. The number of fused-ring (bicyclic) bond motifs is 1. The predicted octanol–water partition coefficient (Wildman–Crippen LogP) is 3.97. The van der Waals surface area contributed by atoms with Gasteiger partial charge in [-0.1, -0.05) is 29.8 Å². The van der Waals surface area contributed by atoms with E-state index in [9.17, 15) is 4.79 Å². The lowest BCUT2D eigenvalue weighted by molar-refractivity contribution is 0.0929. The Hall–Kier alpha value is -1.52. The highest BCUT2D eigenvalue weighted by Gasteiger charge is 2.25. The van der Waals surface area contributed by atoms with Gasteiger partial charge >= 0.3 is 0 Å². The lowest BCUT2D eigenvalue weighted by Gasteiger charge is -2.12. The summed E-state index contributed by atoms with van der Waals surface area (Å²) in [7, 11) is 0. The molecule has 1 unspecified atom stereocenters. The van der Waals surface area contributed by atoms with Gasteiger partial charge in [-0.2, -0.15) is 0 Å². The van der Waals surface area contributed by atoms with Crippen molar-refractivity contribution in [1.82, 2.24) is 5.32 Å². The number of hydrogen-bond donors (Lipinski definition) is 1. The van der Waals surface area contributed by atoms with Gasteiger partial charge in [0, 0.05) is 15.1 Å². The lowest BCUT2D eigenvalue weighted by atomic mass is 10.1. The Labute approximate surface area is 130 Å². The first-order valence-electron chi connectivity index (χ1n) is 6.13. The number of carbonyl (C=O) groups excluding carboxylic acids is 1. The van der Waals surface area contributed by atoms with E-state index in [-0.39, 0.29) is 11.9 Å². The molecule has 0 fully saturated rings. The molecule has 1 N–H and O–H groups in total. The Balaban J connectivity index is 1.81. The molecule has 1 amide bonds. The number of ether oxygens (including phenoxy) is 1. The molecular formula is C15H11BrClNO2. The topological polar surface area (TPSA) is 38.3 Å². The maximum absolute atomic E-state index is 12.3. The summed E-state index contributed by atoms with van der Waals surface area (Å²) in [5, 5.41) is 3.56. The van der Waals surface area contributed by atoms with E-state index in [1.807, 2.05) is 24.3 Å². The third-order valence-electron chi connectivity index (χ3n) is 3.18. The van der Waals surface area contributed by atoms with Crippen LogP contribution in [0.5, 0.6) is 5.75 Å². The number of rotatable bonds is 2. The first-order valence-corrected chi connectivity index (χ1v) is 7.30. The fourth-order valence-corrected chi connectivity index (χ4v) is 3.05. The van der Waals surface area contributed by atoms with E-state index in [1.54, 1.807) is 18.2 Å². The van der Waals surface area contributed by atoms with E-state index in [0.717, 1.165) is 11.3 Å². The summed E-state index contributed by atoms with van der Waals surface area (Å²) in [6.07, 6.45) is 0. The number of amides is 1. The Kier molecular flexibility index (Phi) is 3.68. The third kappa shape index (κ3) is 2.53. The molecule has 0 aliphatic carbocycles. The van der Waals surface area contributed by atoms with Crippen molar-refractivity contribution < 1.29 is 9.53 Å². The second kappa shape index (κ2) is 5.46. The van der Waals surface area contributed by atoms with Gasteiger partial charge < -0.3 is 10.1 Å². The van der Waals surface area contributed by atoms with Crippen molar-refractivity contribution in [3.05, 3.63) is 63.1 Å². The normalized spacial score (nSPS) is 16.4. The number of para-hydroxylation sites is 1. The van der Waals surface area contributed by atoms with E-state index in [0.29, 0.717) is 21.7 Å². The molecule has 1 heterocycles. The first kappa shape index (κ1) is 13.5. The van der Waals surface area contributed by atoms with Gasteiger partial charge in [0.2, 0.25) is 0 Å². The van der Waals surface area contributed by atoms with E-state index in [2.05, 4.69) is 21.2 Å². The van der Waals surface area contributed by atoms with Gasteiger partial charge in [0.15, 0.2) is 0 Å². The molecule has 3 nitrogen and oxygen atoms in total. The molecule has 1 aliphatic rings. The van der Waals surface area contributed by atoms with Crippen LogP contribution in [0.2, 0.25) is 5.02 Å². The van der Waals surface area contributed by atoms with Crippen LogP contribution < -0.4 is 10.1 Å². The van der Waals surface area contributed by atoms with Crippen molar-refractivity contribution in [1.29, 1.82) is 0 Å². The van der Waals surface area contributed by atoms with E-state index in [4.69, 9.17) is 16.3 Å². The Morgan fingerprint density at radius 3 is 2.90 bits per heavy atom. The monoisotopic (exact) mass is 351 g/mol. The average Bonchev–Trinajstić information content (AvgIpc) is 2.82. The lowest BCUT2D eigenvalue weighted by Crippen LogP contribution is -2.29. The van der Waals surface area contributed by atoms with Crippen LogP contribution in [0.25, 0.3) is 0 Å². The van der Waals surface area contributed by atoms with Gasteiger partial charge in [-0.3, -0.25) is 4.79 Å². The molecule has 3 rings (SSSR count). The van der Waals surface area contributed by atoms with Crippen molar-refractivity contribution >= 4 is 33.4 Å². The molecule has 5 heteroatoms. The first-order chi connectivity index (χ1) is 9.65. The Morgan fingerprint density at radius 2 is 2.10 bits per heavy atom. The van der Waals surface area contributed by atoms with Crippen LogP contribution in [0.1, 0.15) is 22.0 Å². The zero-order valence-corrected chi connectivity index (χ0v) is 12.7. The highest BCUT2D eigenvalue weighted by molar-refractivity contribution is 9.10. The van der Waals surface area contributed by atoms with Crippen LogP contribution >= 0.6 is 27.5 Å². The largest absolute Gasteiger partial charge is 0.491 e. The summed E-state index contributed by atoms with van der Waals surface area (Å²) in [5.41, 5.74) is 1.56. The Morgan fingerprint density at radius 1 is 1.30 bits per heavy atom. The van der Waals surface area contributed by atoms with Gasteiger partial charge in [0.25, 0.3) is 5.91 Å². The van der Waals surface area contributed by atoms with E-state index < -0.39 is 0 Å². The van der Waals surface area contributed by atoms with Crippen molar-refractivity contribution in [2.24, 2.45) is 0 Å². The van der Waals surface area contributed by atoms with Crippen LogP contribution in [0, 0.1) is 0 Å². The molecule has 0 saturated heterocycles. The average molecular weight is 353 g/mol. The van der Waals surface area contributed by atoms with Crippen molar-refractivity contribution in [3.8, 4) is 5.75 Å². The maximum Gasteiger partial charge on any atom is 0.253 e. The van der Waals surface area contributed by atoms with Crippen molar-refractivity contribution in [3.63, 3.8) is 0 Å². The minimum absolute atomic E-state index is 0.124. The maximum atomic E-state index is 12.3. The van der Waals surface area contributed by atoms with Crippen LogP contribution in [0.3, 0.4) is 0 Å². The fourth-order valence-electron chi connectivity index (χ4n) is 2.19. The van der Waals surface area contributed by atoms with E-state index >= 15 is 0 Å². The number of benzene rings is 2. The van der Waals surface area contributed by atoms with Crippen LogP contribution in [-0.4, -0.2) is 12.5 Å². The van der Waals surface area contributed by atoms with Crippen molar-refractivity contribution in [2.45, 2.75) is 6.04 Å². The van der Waals surface area contributed by atoms with E-state index in [1.165, 1.54) is 0 Å². The Bertz CT molecular complexity index is 675. The molecular weight excluding hydrogens is 342 g/mol. The van der Waals surface area contributed by atoms with Gasteiger partial charge in [0.1, 0.15) is 12.4 Å². The zero-order chi connectivity index (χ0) is 14.1. The predicted molar refractivity (Wildman–Crippen MR) is 81.3 cm³/mol. The number of nitrogens with one attached hydrogen (secondary N) is 1. The molecule has 102 valence electrons. The summed E-state index contributed by atoms with van der Waals surface area (Å²) in [6.45, 7) is 0.455. The quantitative estimate of drug-likeness (QED) is 0.888. The highest BCUT2D eigenvalue weighted by atomic mass is 79.9. The highest BCUT2D eigenvalue weighted by Crippen LogP contribution is 2.32. The minimum atomic E-state index is -0.154. The van der Waals surface area contributed by atoms with Crippen LogP contribution in [0.4, 0.5) is 0 Å². The van der Waals surface area contributed by atoms with Crippen LogP contribution in [-0.2, 0) is 0 Å². The van der Waals surface area contributed by atoms with Gasteiger partial charge in [-0.25, -0.2) is 0 Å². The molecule has 0 aromatic heterocycles. The minimum Gasteiger partial charge on any atom is -0.491 e. The number of carbonyl (C=O) groups is 1. The summed E-state index contributed by atoms with van der Waals surface area (Å²) < 4.78 is 6.23. The van der Waals surface area contributed by atoms with Gasteiger partial charge in [-0.05, 0) is 40.2 Å².